The van der Waals surface area contributed by atoms with Gasteiger partial charge in [-0.2, -0.15) is 0 Å². The summed E-state index contributed by atoms with van der Waals surface area (Å²) in [6, 6.07) is 5.34. The third-order valence-electron chi connectivity index (χ3n) is 3.37. The average Bonchev–Trinajstić information content (AvgIpc) is 3.03. The number of rotatable bonds is 3. The Morgan fingerprint density at radius 2 is 2.00 bits per heavy atom. The van der Waals surface area contributed by atoms with Gasteiger partial charge in [-0.15, -0.1) is 0 Å². The van der Waals surface area contributed by atoms with Crippen LogP contribution in [-0.2, 0) is 0 Å². The zero-order chi connectivity index (χ0) is 15.9. The van der Waals surface area contributed by atoms with Gasteiger partial charge < -0.3 is 10.0 Å². The number of alkyl halides is 2. The first-order valence-electron chi connectivity index (χ1n) is 6.48. The summed E-state index contributed by atoms with van der Waals surface area (Å²) in [6.45, 7) is -0.342. The largest absolute Gasteiger partial charge is 0.476 e. The zero-order valence-corrected chi connectivity index (χ0v) is 12.0. The molecule has 0 unspecified atom stereocenters. The minimum absolute atomic E-state index is 0.127. The fraction of sp³-hybridized carbons (Fsp3) is 0.286. The maximum atomic E-state index is 13.4. The van der Waals surface area contributed by atoms with Gasteiger partial charge in [0.15, 0.2) is 0 Å². The SMILES string of the molecule is O=C(O)c1nc(-c2ccc(F)cc2)c(N2CCC(F)(F)C2)s1. The standard InChI is InChI=1S/C14H11F3N2O2S/c15-9-3-1-8(2-4-9)10-12(22-11(18-10)13(20)21)19-6-5-14(16,17)7-19/h1-4H,5-7H2,(H,20,21). The highest BCUT2D eigenvalue weighted by molar-refractivity contribution is 7.18. The average molecular weight is 328 g/mol. The van der Waals surface area contributed by atoms with Crippen LogP contribution in [0.2, 0.25) is 0 Å². The molecule has 0 bridgehead atoms. The van der Waals surface area contributed by atoms with Crippen LogP contribution in [0.15, 0.2) is 24.3 Å². The van der Waals surface area contributed by atoms with Gasteiger partial charge in [-0.25, -0.2) is 22.9 Å². The molecule has 1 aliphatic heterocycles. The predicted octanol–water partition coefficient (Wildman–Crippen LogP) is 3.49. The lowest BCUT2D eigenvalue weighted by atomic mass is 10.1. The highest BCUT2D eigenvalue weighted by atomic mass is 32.1. The van der Waals surface area contributed by atoms with Crippen molar-refractivity contribution in [2.75, 3.05) is 18.0 Å². The molecule has 1 saturated heterocycles. The number of carboxylic acid groups (broad SMARTS) is 1. The molecule has 2 aromatic rings. The molecule has 0 saturated carbocycles. The Bertz CT molecular complexity index is 715. The van der Waals surface area contributed by atoms with E-state index < -0.39 is 24.3 Å². The summed E-state index contributed by atoms with van der Waals surface area (Å²) in [5, 5.41) is 9.28. The molecule has 3 rings (SSSR count). The molecule has 8 heteroatoms. The number of anilines is 1. The fourth-order valence-corrected chi connectivity index (χ4v) is 3.28. The summed E-state index contributed by atoms with van der Waals surface area (Å²) >= 11 is 0.853. The van der Waals surface area contributed by atoms with Gasteiger partial charge in [-0.05, 0) is 24.3 Å². The van der Waals surface area contributed by atoms with Crippen molar-refractivity contribution in [2.45, 2.75) is 12.3 Å². The molecule has 0 amide bonds. The molecule has 0 spiro atoms. The number of hydrogen-bond donors (Lipinski definition) is 1. The second-order valence-electron chi connectivity index (χ2n) is 5.01. The Morgan fingerprint density at radius 3 is 2.55 bits per heavy atom. The number of benzene rings is 1. The van der Waals surface area contributed by atoms with E-state index in [1.807, 2.05) is 0 Å². The number of thiazole rings is 1. The van der Waals surface area contributed by atoms with Crippen molar-refractivity contribution in [3.63, 3.8) is 0 Å². The highest BCUT2D eigenvalue weighted by Gasteiger charge is 2.40. The number of halogens is 3. The smallest absolute Gasteiger partial charge is 0.365 e. The Hall–Kier alpha value is -2.09. The van der Waals surface area contributed by atoms with Gasteiger partial charge in [0.2, 0.25) is 5.01 Å². The molecule has 1 aromatic carbocycles. The third-order valence-corrected chi connectivity index (χ3v) is 4.47. The number of carboxylic acids is 1. The first kappa shape index (κ1) is 14.8. The second-order valence-corrected chi connectivity index (χ2v) is 5.99. The monoisotopic (exact) mass is 328 g/mol. The topological polar surface area (TPSA) is 53.4 Å². The van der Waals surface area contributed by atoms with Gasteiger partial charge in [0.1, 0.15) is 16.5 Å². The van der Waals surface area contributed by atoms with E-state index in [2.05, 4.69) is 4.98 Å². The van der Waals surface area contributed by atoms with E-state index in [9.17, 15) is 18.0 Å². The van der Waals surface area contributed by atoms with E-state index in [0.717, 1.165) is 11.3 Å². The molecule has 4 nitrogen and oxygen atoms in total. The molecule has 1 fully saturated rings. The van der Waals surface area contributed by atoms with Crippen LogP contribution in [-0.4, -0.2) is 35.1 Å². The summed E-state index contributed by atoms with van der Waals surface area (Å²) in [4.78, 5) is 16.6. The normalized spacial score (nSPS) is 17.0. The number of aromatic nitrogens is 1. The van der Waals surface area contributed by atoms with Gasteiger partial charge in [0, 0.05) is 18.5 Å². The van der Waals surface area contributed by atoms with E-state index in [1.165, 1.54) is 29.2 Å². The van der Waals surface area contributed by atoms with Crippen molar-refractivity contribution in [1.82, 2.24) is 4.98 Å². The van der Waals surface area contributed by atoms with E-state index in [1.54, 1.807) is 0 Å². The maximum Gasteiger partial charge on any atom is 0.365 e. The van der Waals surface area contributed by atoms with Gasteiger partial charge in [-0.3, -0.25) is 0 Å². The van der Waals surface area contributed by atoms with Crippen molar-refractivity contribution in [3.8, 4) is 11.3 Å². The van der Waals surface area contributed by atoms with Crippen molar-refractivity contribution in [3.05, 3.63) is 35.1 Å². The molecular formula is C14H11F3N2O2S. The van der Waals surface area contributed by atoms with Crippen molar-refractivity contribution in [2.24, 2.45) is 0 Å². The minimum Gasteiger partial charge on any atom is -0.476 e. The van der Waals surface area contributed by atoms with Crippen LogP contribution in [0.25, 0.3) is 11.3 Å². The summed E-state index contributed by atoms with van der Waals surface area (Å²) in [6.07, 6.45) is -0.282. The molecule has 0 aliphatic carbocycles. The van der Waals surface area contributed by atoms with E-state index >= 15 is 0 Å². The second kappa shape index (κ2) is 5.28. The zero-order valence-electron chi connectivity index (χ0n) is 11.2. The summed E-state index contributed by atoms with van der Waals surface area (Å²) in [5.74, 6) is -4.45. The molecule has 1 aliphatic rings. The van der Waals surface area contributed by atoms with Crippen LogP contribution >= 0.6 is 11.3 Å². The van der Waals surface area contributed by atoms with Gasteiger partial charge in [-0.1, -0.05) is 11.3 Å². The molecule has 1 N–H and O–H groups in total. The van der Waals surface area contributed by atoms with Gasteiger partial charge >= 0.3 is 5.97 Å². The van der Waals surface area contributed by atoms with Crippen LogP contribution in [0.1, 0.15) is 16.2 Å². The molecular weight excluding hydrogens is 317 g/mol. The number of hydrogen-bond acceptors (Lipinski definition) is 4. The summed E-state index contributed by atoms with van der Waals surface area (Å²) < 4.78 is 39.8. The lowest BCUT2D eigenvalue weighted by Gasteiger charge is -2.17. The minimum atomic E-state index is -2.80. The van der Waals surface area contributed by atoms with Gasteiger partial charge in [0.25, 0.3) is 5.92 Å². The maximum absolute atomic E-state index is 13.4. The van der Waals surface area contributed by atoms with Crippen LogP contribution in [0.5, 0.6) is 0 Å². The van der Waals surface area contributed by atoms with Crippen molar-refractivity contribution >= 4 is 22.3 Å². The van der Waals surface area contributed by atoms with Crippen molar-refractivity contribution < 1.29 is 23.1 Å². The molecule has 0 radical (unpaired) electrons. The third kappa shape index (κ3) is 2.78. The number of aromatic carboxylic acids is 1. The summed E-state index contributed by atoms with van der Waals surface area (Å²) in [7, 11) is 0. The fourth-order valence-electron chi connectivity index (χ4n) is 2.32. The van der Waals surface area contributed by atoms with Crippen LogP contribution in [0, 0.1) is 5.82 Å². The van der Waals surface area contributed by atoms with Crippen molar-refractivity contribution in [1.29, 1.82) is 0 Å². The number of nitrogens with zero attached hydrogens (tertiary/aromatic N) is 2. The van der Waals surface area contributed by atoms with Crippen LogP contribution in [0.4, 0.5) is 18.2 Å². The quantitative estimate of drug-likeness (QED) is 0.937. The lowest BCUT2D eigenvalue weighted by Crippen LogP contribution is -2.24. The number of carbonyl (C=O) groups is 1. The first-order valence-corrected chi connectivity index (χ1v) is 7.30. The van der Waals surface area contributed by atoms with Crippen LogP contribution < -0.4 is 4.90 Å². The molecule has 22 heavy (non-hydrogen) atoms. The Labute approximate surface area is 127 Å². The van der Waals surface area contributed by atoms with E-state index in [-0.39, 0.29) is 18.0 Å². The molecule has 0 atom stereocenters. The Kier molecular flexibility index (Phi) is 3.56. The Morgan fingerprint density at radius 1 is 1.32 bits per heavy atom. The first-order chi connectivity index (χ1) is 10.4. The summed E-state index contributed by atoms with van der Waals surface area (Å²) in [5.41, 5.74) is 0.787. The molecule has 116 valence electrons. The van der Waals surface area contributed by atoms with E-state index in [0.29, 0.717) is 16.3 Å². The lowest BCUT2D eigenvalue weighted by molar-refractivity contribution is 0.0257. The molecule has 2 heterocycles. The van der Waals surface area contributed by atoms with Gasteiger partial charge in [0.05, 0.1) is 6.54 Å². The van der Waals surface area contributed by atoms with E-state index in [4.69, 9.17) is 5.11 Å². The Balaban J connectivity index is 2.05. The van der Waals surface area contributed by atoms with Crippen LogP contribution in [0.3, 0.4) is 0 Å². The highest BCUT2D eigenvalue weighted by Crippen LogP contribution is 2.40. The molecule has 1 aromatic heterocycles. The predicted molar refractivity (Wildman–Crippen MR) is 76.2 cm³/mol.